The fraction of sp³-hybridized carbons (Fsp3) is 0.286. The number of halogens is 3. The van der Waals surface area contributed by atoms with E-state index in [0.717, 1.165) is 7.11 Å². The largest absolute Gasteiger partial charge is 0.491 e. The summed E-state index contributed by atoms with van der Waals surface area (Å²) in [7, 11) is 1.54. The van der Waals surface area contributed by atoms with Crippen LogP contribution in [0.25, 0.3) is 0 Å². The Bertz CT molecular complexity index is 554. The van der Waals surface area contributed by atoms with Crippen molar-refractivity contribution >= 4 is 19.7 Å². The van der Waals surface area contributed by atoms with Crippen molar-refractivity contribution in [1.82, 2.24) is 4.98 Å². The maximum Gasteiger partial charge on any atom is 0.290 e. The standard InChI is InChI=1S/C7H6ClF2NO4S/c1-15-5-4(6(9)10)3(16(8,13)14)2-11-7(5)12/h2,6H,1H3,(H,11,12). The monoisotopic (exact) mass is 273 g/mol. The minimum absolute atomic E-state index is 0.606. The van der Waals surface area contributed by atoms with Crippen LogP contribution in [0.2, 0.25) is 0 Å². The number of aromatic amines is 1. The van der Waals surface area contributed by atoms with Gasteiger partial charge in [-0.05, 0) is 0 Å². The van der Waals surface area contributed by atoms with Crippen LogP contribution < -0.4 is 10.3 Å². The maximum atomic E-state index is 12.6. The van der Waals surface area contributed by atoms with E-state index in [0.29, 0.717) is 6.20 Å². The van der Waals surface area contributed by atoms with Gasteiger partial charge in [-0.1, -0.05) is 0 Å². The van der Waals surface area contributed by atoms with Gasteiger partial charge in [-0.3, -0.25) is 4.79 Å². The highest BCUT2D eigenvalue weighted by Crippen LogP contribution is 2.33. The summed E-state index contributed by atoms with van der Waals surface area (Å²) >= 11 is 0. The van der Waals surface area contributed by atoms with Crippen LogP contribution in [0.4, 0.5) is 8.78 Å². The highest BCUT2D eigenvalue weighted by Gasteiger charge is 2.28. The average molecular weight is 274 g/mol. The van der Waals surface area contributed by atoms with E-state index in [4.69, 9.17) is 10.7 Å². The predicted octanol–water partition coefficient (Wildman–Crippen LogP) is 1.25. The van der Waals surface area contributed by atoms with Crippen LogP contribution in [0.3, 0.4) is 0 Å². The van der Waals surface area contributed by atoms with Crippen molar-refractivity contribution in [1.29, 1.82) is 0 Å². The first kappa shape index (κ1) is 12.9. The molecule has 0 aliphatic rings. The molecule has 0 fully saturated rings. The van der Waals surface area contributed by atoms with Gasteiger partial charge in [-0.15, -0.1) is 0 Å². The van der Waals surface area contributed by atoms with Crippen LogP contribution in [0, 0.1) is 0 Å². The summed E-state index contributed by atoms with van der Waals surface area (Å²) in [6, 6.07) is 0. The Labute approximate surface area is 93.4 Å². The summed E-state index contributed by atoms with van der Waals surface area (Å²) in [6.07, 6.45) is -2.59. The van der Waals surface area contributed by atoms with Crippen LogP contribution in [0.1, 0.15) is 12.0 Å². The fourth-order valence-corrected chi connectivity index (χ4v) is 2.15. The van der Waals surface area contributed by atoms with Crippen molar-refractivity contribution in [3.63, 3.8) is 0 Å². The van der Waals surface area contributed by atoms with E-state index in [1.54, 1.807) is 0 Å². The zero-order valence-corrected chi connectivity index (χ0v) is 9.40. The van der Waals surface area contributed by atoms with Crippen molar-refractivity contribution in [2.24, 2.45) is 0 Å². The minimum atomic E-state index is -4.39. The predicted molar refractivity (Wildman–Crippen MR) is 51.6 cm³/mol. The Morgan fingerprint density at radius 1 is 1.50 bits per heavy atom. The van der Waals surface area contributed by atoms with Crippen LogP contribution in [-0.2, 0) is 9.05 Å². The molecule has 0 amide bonds. The van der Waals surface area contributed by atoms with Crippen molar-refractivity contribution in [3.8, 4) is 5.75 Å². The molecule has 0 saturated heterocycles. The first-order chi connectivity index (χ1) is 7.29. The number of rotatable bonds is 3. The molecule has 0 saturated carbocycles. The third-order valence-corrected chi connectivity index (χ3v) is 3.10. The summed E-state index contributed by atoms with van der Waals surface area (Å²) in [4.78, 5) is 12.2. The van der Waals surface area contributed by atoms with Gasteiger partial charge in [-0.2, -0.15) is 0 Å². The molecular weight excluding hydrogens is 268 g/mol. The molecule has 9 heteroatoms. The Balaban J connectivity index is 3.72. The summed E-state index contributed by atoms with van der Waals surface area (Å²) < 4.78 is 51.7. The van der Waals surface area contributed by atoms with E-state index in [-0.39, 0.29) is 0 Å². The van der Waals surface area contributed by atoms with E-state index < -0.39 is 37.2 Å². The van der Waals surface area contributed by atoms with Gasteiger partial charge in [0.1, 0.15) is 4.90 Å². The number of H-pyrrole nitrogens is 1. The number of aromatic nitrogens is 1. The van der Waals surface area contributed by atoms with Gasteiger partial charge < -0.3 is 9.72 Å². The SMILES string of the molecule is COc1c(C(F)F)c(S(=O)(=O)Cl)c[nH]c1=O. The third-order valence-electron chi connectivity index (χ3n) is 1.74. The lowest BCUT2D eigenvalue weighted by atomic mass is 10.2. The van der Waals surface area contributed by atoms with Gasteiger partial charge in [0, 0.05) is 16.9 Å². The molecule has 5 nitrogen and oxygen atoms in total. The number of nitrogens with one attached hydrogen (secondary N) is 1. The molecule has 1 rings (SSSR count). The third kappa shape index (κ3) is 2.33. The van der Waals surface area contributed by atoms with E-state index in [2.05, 4.69) is 4.74 Å². The van der Waals surface area contributed by atoms with Crippen molar-refractivity contribution in [2.75, 3.05) is 7.11 Å². The molecule has 0 bridgehead atoms. The molecule has 0 spiro atoms. The van der Waals surface area contributed by atoms with Crippen molar-refractivity contribution in [3.05, 3.63) is 22.1 Å². The smallest absolute Gasteiger partial charge is 0.290 e. The van der Waals surface area contributed by atoms with Crippen molar-refractivity contribution in [2.45, 2.75) is 11.3 Å². The lowest BCUT2D eigenvalue weighted by Crippen LogP contribution is -2.15. The minimum Gasteiger partial charge on any atom is -0.491 e. The van der Waals surface area contributed by atoms with Gasteiger partial charge in [0.05, 0.1) is 12.7 Å². The first-order valence-corrected chi connectivity index (χ1v) is 6.12. The highest BCUT2D eigenvalue weighted by molar-refractivity contribution is 8.13. The molecule has 1 aromatic rings. The molecule has 0 radical (unpaired) electrons. The van der Waals surface area contributed by atoms with E-state index in [1.807, 2.05) is 4.98 Å². The Morgan fingerprint density at radius 2 is 2.06 bits per heavy atom. The molecule has 1 heterocycles. The van der Waals surface area contributed by atoms with Crippen LogP contribution in [0.15, 0.2) is 15.9 Å². The number of hydrogen-bond donors (Lipinski definition) is 1. The molecular formula is C7H6ClF2NO4S. The fourth-order valence-electron chi connectivity index (χ4n) is 1.12. The quantitative estimate of drug-likeness (QED) is 0.841. The topological polar surface area (TPSA) is 76.2 Å². The van der Waals surface area contributed by atoms with Crippen LogP contribution in [0.5, 0.6) is 5.75 Å². The molecule has 0 unspecified atom stereocenters. The average Bonchev–Trinajstić information content (AvgIpc) is 2.14. The number of pyridine rings is 1. The van der Waals surface area contributed by atoms with Gasteiger partial charge >= 0.3 is 0 Å². The van der Waals surface area contributed by atoms with E-state index >= 15 is 0 Å². The molecule has 0 aromatic carbocycles. The lowest BCUT2D eigenvalue weighted by molar-refractivity contribution is 0.143. The van der Waals surface area contributed by atoms with Gasteiger partial charge in [0.25, 0.3) is 21.0 Å². The maximum absolute atomic E-state index is 12.6. The van der Waals surface area contributed by atoms with E-state index in [1.165, 1.54) is 0 Å². The van der Waals surface area contributed by atoms with Crippen molar-refractivity contribution < 1.29 is 21.9 Å². The van der Waals surface area contributed by atoms with Crippen LogP contribution in [-0.4, -0.2) is 20.5 Å². The second-order valence-electron chi connectivity index (χ2n) is 2.67. The van der Waals surface area contributed by atoms with Gasteiger partial charge in [0.2, 0.25) is 0 Å². The second-order valence-corrected chi connectivity index (χ2v) is 5.20. The summed E-state index contributed by atoms with van der Waals surface area (Å²) in [5, 5.41) is 0. The van der Waals surface area contributed by atoms with Gasteiger partial charge in [0.15, 0.2) is 5.75 Å². The Hall–Kier alpha value is -1.15. The lowest BCUT2D eigenvalue weighted by Gasteiger charge is -2.09. The van der Waals surface area contributed by atoms with Gasteiger partial charge in [-0.25, -0.2) is 17.2 Å². The summed E-state index contributed by atoms with van der Waals surface area (Å²) in [6.45, 7) is 0. The second kappa shape index (κ2) is 4.38. The molecule has 16 heavy (non-hydrogen) atoms. The molecule has 1 aromatic heterocycles. The molecule has 0 aliphatic heterocycles. The Kier molecular flexibility index (Phi) is 3.54. The molecule has 0 atom stereocenters. The summed E-state index contributed by atoms with van der Waals surface area (Å²) in [5.74, 6) is -0.767. The molecule has 1 N–H and O–H groups in total. The molecule has 90 valence electrons. The summed E-state index contributed by atoms with van der Waals surface area (Å²) in [5.41, 5.74) is -2.00. The first-order valence-electron chi connectivity index (χ1n) is 3.81. The zero-order valence-electron chi connectivity index (χ0n) is 7.83. The van der Waals surface area contributed by atoms with Crippen LogP contribution >= 0.6 is 10.7 Å². The Morgan fingerprint density at radius 3 is 2.44 bits per heavy atom. The number of ether oxygens (including phenoxy) is 1. The number of methoxy groups -OCH3 is 1. The molecule has 0 aliphatic carbocycles. The normalized spacial score (nSPS) is 11.8. The zero-order chi connectivity index (χ0) is 12.5. The number of alkyl halides is 2. The highest BCUT2D eigenvalue weighted by atomic mass is 35.7. The number of hydrogen-bond acceptors (Lipinski definition) is 4. The van der Waals surface area contributed by atoms with E-state index in [9.17, 15) is 22.0 Å².